The molecule has 0 unspecified atom stereocenters. The second-order valence-electron chi connectivity index (χ2n) is 4.92. The molecular weight excluding hydrogens is 363 g/mol. The van der Waals surface area contributed by atoms with E-state index in [-0.39, 0.29) is 12.4 Å². The number of hydrogen-bond donors (Lipinski definition) is 0. The van der Waals surface area contributed by atoms with Gasteiger partial charge in [0.2, 0.25) is 0 Å². The molecule has 0 amide bonds. The monoisotopic (exact) mass is 380 g/mol. The average Bonchev–Trinajstić information content (AvgIpc) is 2.41. The van der Waals surface area contributed by atoms with E-state index in [0.29, 0.717) is 5.56 Å². The Morgan fingerprint density at radius 2 is 1.75 bits per heavy atom. The van der Waals surface area contributed by atoms with Gasteiger partial charge in [-0.25, -0.2) is 0 Å². The van der Waals surface area contributed by atoms with Crippen molar-refractivity contribution in [2.45, 2.75) is 20.8 Å². The van der Waals surface area contributed by atoms with Crippen LogP contribution in [0.3, 0.4) is 0 Å². The third kappa shape index (κ3) is 3.60. The molecule has 2 rings (SSSR count). The van der Waals surface area contributed by atoms with E-state index >= 15 is 0 Å². The van der Waals surface area contributed by atoms with Crippen LogP contribution >= 0.6 is 22.6 Å². The molecule has 0 N–H and O–H groups in total. The summed E-state index contributed by atoms with van der Waals surface area (Å²) in [4.78, 5) is 12.1. The highest BCUT2D eigenvalue weighted by Gasteiger charge is 2.09. The van der Waals surface area contributed by atoms with E-state index in [4.69, 9.17) is 4.74 Å². The Morgan fingerprint density at radius 1 is 1.10 bits per heavy atom. The molecule has 2 aromatic rings. The van der Waals surface area contributed by atoms with Gasteiger partial charge in [-0.05, 0) is 78.3 Å². The number of ether oxygens (including phenoxy) is 1. The summed E-state index contributed by atoms with van der Waals surface area (Å²) < 4.78 is 6.81. The van der Waals surface area contributed by atoms with Crippen molar-refractivity contribution in [2.75, 3.05) is 6.61 Å². The molecule has 0 radical (unpaired) electrons. The van der Waals surface area contributed by atoms with Crippen molar-refractivity contribution in [1.82, 2.24) is 0 Å². The van der Waals surface area contributed by atoms with Crippen LogP contribution in [0.25, 0.3) is 0 Å². The highest BCUT2D eigenvalue weighted by atomic mass is 127. The van der Waals surface area contributed by atoms with E-state index in [1.807, 2.05) is 44.2 Å². The van der Waals surface area contributed by atoms with Crippen molar-refractivity contribution in [1.29, 1.82) is 0 Å². The molecular formula is C17H17IO2. The molecule has 3 heteroatoms. The van der Waals surface area contributed by atoms with Crippen molar-refractivity contribution < 1.29 is 9.53 Å². The van der Waals surface area contributed by atoms with Crippen LogP contribution in [0, 0.1) is 24.3 Å². The summed E-state index contributed by atoms with van der Waals surface area (Å²) >= 11 is 2.22. The molecule has 2 nitrogen and oxygen atoms in total. The molecule has 0 heterocycles. The zero-order valence-corrected chi connectivity index (χ0v) is 14.0. The fraction of sp³-hybridized carbons (Fsp3) is 0.235. The van der Waals surface area contributed by atoms with Gasteiger partial charge < -0.3 is 4.74 Å². The van der Waals surface area contributed by atoms with Crippen LogP contribution in [0.5, 0.6) is 5.75 Å². The predicted octanol–water partition coefficient (Wildman–Crippen LogP) is 4.48. The van der Waals surface area contributed by atoms with E-state index in [0.717, 1.165) is 20.4 Å². The minimum absolute atomic E-state index is 0.0000378. The van der Waals surface area contributed by atoms with E-state index < -0.39 is 0 Å². The lowest BCUT2D eigenvalue weighted by Gasteiger charge is -2.12. The van der Waals surface area contributed by atoms with Crippen LogP contribution in [0.15, 0.2) is 36.4 Å². The number of rotatable bonds is 4. The zero-order valence-electron chi connectivity index (χ0n) is 11.9. The van der Waals surface area contributed by atoms with Gasteiger partial charge in [-0.2, -0.15) is 0 Å². The lowest BCUT2D eigenvalue weighted by molar-refractivity contribution is 0.0921. The first-order valence-corrected chi connectivity index (χ1v) is 7.54. The maximum Gasteiger partial charge on any atom is 0.200 e. The summed E-state index contributed by atoms with van der Waals surface area (Å²) in [7, 11) is 0. The first-order valence-electron chi connectivity index (χ1n) is 6.47. The Kier molecular flexibility index (Phi) is 4.81. The van der Waals surface area contributed by atoms with Crippen LogP contribution in [0.2, 0.25) is 0 Å². The molecule has 2 aromatic carbocycles. The summed E-state index contributed by atoms with van der Waals surface area (Å²) in [6.07, 6.45) is 0. The standard InChI is InChI=1S/C17H17IO2/c1-11-8-12(2)13(3)17(9-11)20-10-16(19)14-4-6-15(18)7-5-14/h4-9H,10H2,1-3H3. The number of hydrogen-bond acceptors (Lipinski definition) is 2. The topological polar surface area (TPSA) is 26.3 Å². The van der Waals surface area contributed by atoms with Gasteiger partial charge in [0.05, 0.1) is 0 Å². The minimum atomic E-state index is -0.0000378. The normalized spacial score (nSPS) is 10.4. The molecule has 0 aromatic heterocycles. The van der Waals surface area contributed by atoms with E-state index in [1.165, 1.54) is 5.56 Å². The molecule has 0 aliphatic heterocycles. The molecule has 0 aliphatic rings. The lowest BCUT2D eigenvalue weighted by atomic mass is 10.1. The third-order valence-electron chi connectivity index (χ3n) is 3.29. The predicted molar refractivity (Wildman–Crippen MR) is 89.6 cm³/mol. The minimum Gasteiger partial charge on any atom is -0.485 e. The number of halogens is 1. The van der Waals surface area contributed by atoms with Gasteiger partial charge in [0.1, 0.15) is 5.75 Å². The van der Waals surface area contributed by atoms with Crippen LogP contribution in [0.4, 0.5) is 0 Å². The Hall–Kier alpha value is -1.36. The molecule has 20 heavy (non-hydrogen) atoms. The van der Waals surface area contributed by atoms with Gasteiger partial charge in [0, 0.05) is 9.13 Å². The van der Waals surface area contributed by atoms with Gasteiger partial charge in [-0.1, -0.05) is 18.2 Å². The summed E-state index contributed by atoms with van der Waals surface area (Å²) in [5, 5.41) is 0. The number of carbonyl (C=O) groups is 1. The van der Waals surface area contributed by atoms with Crippen molar-refractivity contribution in [3.63, 3.8) is 0 Å². The smallest absolute Gasteiger partial charge is 0.200 e. The molecule has 0 saturated carbocycles. The van der Waals surface area contributed by atoms with E-state index in [9.17, 15) is 4.79 Å². The van der Waals surface area contributed by atoms with Crippen LogP contribution in [-0.2, 0) is 0 Å². The second kappa shape index (κ2) is 6.39. The number of aryl methyl sites for hydroxylation is 2. The molecule has 104 valence electrons. The molecule has 0 fully saturated rings. The Morgan fingerprint density at radius 3 is 2.40 bits per heavy atom. The molecule has 0 atom stereocenters. The Labute approximate surface area is 133 Å². The van der Waals surface area contributed by atoms with Crippen molar-refractivity contribution in [2.24, 2.45) is 0 Å². The summed E-state index contributed by atoms with van der Waals surface area (Å²) in [5.41, 5.74) is 4.10. The number of benzene rings is 2. The molecule has 0 spiro atoms. The van der Waals surface area contributed by atoms with E-state index in [1.54, 1.807) is 0 Å². The summed E-state index contributed by atoms with van der Waals surface area (Å²) in [5.74, 6) is 0.793. The number of carbonyl (C=O) groups excluding carboxylic acids is 1. The lowest BCUT2D eigenvalue weighted by Crippen LogP contribution is -2.12. The number of Topliss-reactive ketones (excluding diaryl/α,β-unsaturated/α-hetero) is 1. The van der Waals surface area contributed by atoms with Crippen LogP contribution in [-0.4, -0.2) is 12.4 Å². The van der Waals surface area contributed by atoms with Gasteiger partial charge in [0.15, 0.2) is 12.4 Å². The van der Waals surface area contributed by atoms with E-state index in [2.05, 4.69) is 35.6 Å². The fourth-order valence-corrected chi connectivity index (χ4v) is 2.37. The van der Waals surface area contributed by atoms with Crippen molar-refractivity contribution in [3.05, 3.63) is 62.2 Å². The van der Waals surface area contributed by atoms with Crippen molar-refractivity contribution >= 4 is 28.4 Å². The summed E-state index contributed by atoms with van der Waals surface area (Å²) in [6, 6.07) is 11.6. The maximum atomic E-state index is 12.1. The largest absolute Gasteiger partial charge is 0.485 e. The Balaban J connectivity index is 2.09. The average molecular weight is 380 g/mol. The zero-order chi connectivity index (χ0) is 14.7. The number of ketones is 1. The third-order valence-corrected chi connectivity index (χ3v) is 4.01. The van der Waals surface area contributed by atoms with Gasteiger partial charge in [0.25, 0.3) is 0 Å². The SMILES string of the molecule is Cc1cc(C)c(C)c(OCC(=O)c2ccc(I)cc2)c1. The van der Waals surface area contributed by atoms with Gasteiger partial charge >= 0.3 is 0 Å². The highest BCUT2D eigenvalue weighted by Crippen LogP contribution is 2.23. The van der Waals surface area contributed by atoms with Crippen LogP contribution in [0.1, 0.15) is 27.0 Å². The molecule has 0 aliphatic carbocycles. The van der Waals surface area contributed by atoms with Gasteiger partial charge in [-0.3, -0.25) is 4.79 Å². The maximum absolute atomic E-state index is 12.1. The van der Waals surface area contributed by atoms with Crippen molar-refractivity contribution in [3.8, 4) is 5.75 Å². The quantitative estimate of drug-likeness (QED) is 0.578. The highest BCUT2D eigenvalue weighted by molar-refractivity contribution is 14.1. The fourth-order valence-electron chi connectivity index (χ4n) is 2.01. The van der Waals surface area contributed by atoms with Gasteiger partial charge in [-0.15, -0.1) is 0 Å². The molecule has 0 saturated heterocycles. The first-order chi connectivity index (χ1) is 9.47. The van der Waals surface area contributed by atoms with Crippen LogP contribution < -0.4 is 4.74 Å². The first kappa shape index (κ1) is 15.0. The summed E-state index contributed by atoms with van der Waals surface area (Å²) in [6.45, 7) is 6.17. The second-order valence-corrected chi connectivity index (χ2v) is 6.17. The Bertz CT molecular complexity index is 630. The molecule has 0 bridgehead atoms.